The molecule has 1 heterocycles. The minimum Gasteiger partial charge on any atom is -0.464 e. The van der Waals surface area contributed by atoms with Crippen LogP contribution in [0.2, 0.25) is 10.0 Å². The summed E-state index contributed by atoms with van der Waals surface area (Å²) in [7, 11) is 1.14. The van der Waals surface area contributed by atoms with Crippen molar-refractivity contribution in [1.82, 2.24) is 9.97 Å². The van der Waals surface area contributed by atoms with E-state index in [-0.39, 0.29) is 10.7 Å². The predicted octanol–water partition coefficient (Wildman–Crippen LogP) is 3.38. The summed E-state index contributed by atoms with van der Waals surface area (Å²) >= 11 is 11.6. The first-order valence-electron chi connectivity index (χ1n) is 5.09. The van der Waals surface area contributed by atoms with E-state index < -0.39 is 17.5 Å². The molecule has 4 nitrogen and oxygen atoms in total. The van der Waals surface area contributed by atoms with Gasteiger partial charge >= 0.3 is 5.97 Å². The molecule has 0 spiro atoms. The Hall–Kier alpha value is -1.72. The van der Waals surface area contributed by atoms with Crippen LogP contribution in [0.5, 0.6) is 0 Å². The SMILES string of the molecule is COC(=O)c1ncnc(-c2ccc(Cl)c(Cl)c2)c1F. The minimum absolute atomic E-state index is 0.0473. The van der Waals surface area contributed by atoms with Crippen LogP contribution < -0.4 is 0 Å². The second-order valence-corrected chi connectivity index (χ2v) is 4.32. The lowest BCUT2D eigenvalue weighted by Gasteiger charge is -2.06. The van der Waals surface area contributed by atoms with Crippen molar-refractivity contribution < 1.29 is 13.9 Å². The van der Waals surface area contributed by atoms with Crippen molar-refractivity contribution in [1.29, 1.82) is 0 Å². The molecule has 0 amide bonds. The average molecular weight is 301 g/mol. The molecule has 0 aliphatic rings. The van der Waals surface area contributed by atoms with E-state index in [4.69, 9.17) is 23.2 Å². The molecule has 0 N–H and O–H groups in total. The number of aromatic nitrogens is 2. The second-order valence-electron chi connectivity index (χ2n) is 3.51. The first-order chi connectivity index (χ1) is 9.04. The van der Waals surface area contributed by atoms with E-state index in [2.05, 4.69) is 14.7 Å². The summed E-state index contributed by atoms with van der Waals surface area (Å²) in [5, 5.41) is 0.602. The van der Waals surface area contributed by atoms with Gasteiger partial charge in [-0.3, -0.25) is 0 Å². The van der Waals surface area contributed by atoms with Crippen LogP contribution >= 0.6 is 23.2 Å². The summed E-state index contributed by atoms with van der Waals surface area (Å²) in [6.07, 6.45) is 1.08. The number of benzene rings is 1. The topological polar surface area (TPSA) is 52.1 Å². The number of methoxy groups -OCH3 is 1. The summed E-state index contributed by atoms with van der Waals surface area (Å²) in [5.41, 5.74) is -0.0907. The van der Waals surface area contributed by atoms with Crippen molar-refractivity contribution in [3.8, 4) is 11.3 Å². The quantitative estimate of drug-likeness (QED) is 0.798. The van der Waals surface area contributed by atoms with E-state index in [1.54, 1.807) is 6.07 Å². The van der Waals surface area contributed by atoms with E-state index in [0.29, 0.717) is 10.6 Å². The van der Waals surface area contributed by atoms with E-state index >= 15 is 0 Å². The van der Waals surface area contributed by atoms with E-state index in [1.807, 2.05) is 0 Å². The van der Waals surface area contributed by atoms with Crippen molar-refractivity contribution in [3.63, 3.8) is 0 Å². The average Bonchev–Trinajstić information content (AvgIpc) is 2.41. The number of esters is 1. The number of carbonyl (C=O) groups is 1. The molecule has 98 valence electrons. The molecule has 0 aliphatic heterocycles. The first-order valence-corrected chi connectivity index (χ1v) is 5.84. The van der Waals surface area contributed by atoms with Gasteiger partial charge in [0.25, 0.3) is 0 Å². The van der Waals surface area contributed by atoms with Gasteiger partial charge in [0.1, 0.15) is 12.0 Å². The molecular weight excluding hydrogens is 294 g/mol. The van der Waals surface area contributed by atoms with Crippen LogP contribution in [0.25, 0.3) is 11.3 Å². The molecule has 0 radical (unpaired) electrons. The molecule has 0 saturated carbocycles. The number of halogens is 3. The fourth-order valence-corrected chi connectivity index (χ4v) is 1.75. The minimum atomic E-state index is -0.874. The molecule has 1 aromatic carbocycles. The van der Waals surface area contributed by atoms with E-state index in [9.17, 15) is 9.18 Å². The summed E-state index contributed by atoms with van der Waals surface area (Å²) in [6.45, 7) is 0. The van der Waals surface area contributed by atoms with Crippen LogP contribution in [-0.2, 0) is 4.74 Å². The van der Waals surface area contributed by atoms with Crippen molar-refractivity contribution in [2.24, 2.45) is 0 Å². The highest BCUT2D eigenvalue weighted by Crippen LogP contribution is 2.29. The zero-order valence-electron chi connectivity index (χ0n) is 9.65. The van der Waals surface area contributed by atoms with E-state index in [1.165, 1.54) is 12.1 Å². The van der Waals surface area contributed by atoms with Gasteiger partial charge in [0.15, 0.2) is 11.5 Å². The number of rotatable bonds is 2. The van der Waals surface area contributed by atoms with Crippen LogP contribution in [0.3, 0.4) is 0 Å². The van der Waals surface area contributed by atoms with Gasteiger partial charge in [-0.15, -0.1) is 0 Å². The van der Waals surface area contributed by atoms with Crippen LogP contribution in [-0.4, -0.2) is 23.0 Å². The number of nitrogens with zero attached hydrogens (tertiary/aromatic N) is 2. The van der Waals surface area contributed by atoms with Gasteiger partial charge in [0, 0.05) is 5.56 Å². The van der Waals surface area contributed by atoms with Gasteiger partial charge in [-0.25, -0.2) is 19.2 Å². The molecule has 2 aromatic rings. The first kappa shape index (κ1) is 13.7. The number of hydrogen-bond acceptors (Lipinski definition) is 4. The fourth-order valence-electron chi connectivity index (χ4n) is 1.45. The van der Waals surface area contributed by atoms with Crippen LogP contribution in [0, 0.1) is 5.82 Å². The highest BCUT2D eigenvalue weighted by Gasteiger charge is 2.19. The maximum atomic E-state index is 14.1. The Morgan fingerprint density at radius 1 is 1.26 bits per heavy atom. The fraction of sp³-hybridized carbons (Fsp3) is 0.0833. The van der Waals surface area contributed by atoms with Gasteiger partial charge in [0.2, 0.25) is 0 Å². The Kier molecular flexibility index (Phi) is 3.97. The third-order valence-corrected chi connectivity index (χ3v) is 3.10. The predicted molar refractivity (Wildman–Crippen MR) is 68.8 cm³/mol. The Balaban J connectivity index is 2.56. The normalized spacial score (nSPS) is 10.3. The van der Waals surface area contributed by atoms with E-state index in [0.717, 1.165) is 13.4 Å². The summed E-state index contributed by atoms with van der Waals surface area (Å²) < 4.78 is 18.6. The van der Waals surface area contributed by atoms with Crippen molar-refractivity contribution in [2.75, 3.05) is 7.11 Å². The van der Waals surface area contributed by atoms with Crippen molar-refractivity contribution in [3.05, 3.63) is 46.1 Å². The molecule has 0 atom stereocenters. The molecule has 0 unspecified atom stereocenters. The van der Waals surface area contributed by atoms with Crippen molar-refractivity contribution in [2.45, 2.75) is 0 Å². The standard InChI is InChI=1S/C12H7Cl2FN2O2/c1-19-12(18)11-9(15)10(16-5-17-11)6-2-3-7(13)8(14)4-6/h2-5H,1H3. The summed E-state index contributed by atoms with van der Waals surface area (Å²) in [5.74, 6) is -1.74. The van der Waals surface area contributed by atoms with Crippen LogP contribution in [0.15, 0.2) is 24.5 Å². The molecule has 2 rings (SSSR count). The monoisotopic (exact) mass is 300 g/mol. The number of carbonyl (C=O) groups excluding carboxylic acids is 1. The third kappa shape index (κ3) is 2.67. The molecule has 0 fully saturated rings. The molecule has 0 bridgehead atoms. The molecule has 0 saturated heterocycles. The van der Waals surface area contributed by atoms with Gasteiger partial charge in [-0.05, 0) is 12.1 Å². The van der Waals surface area contributed by atoms with Crippen LogP contribution in [0.1, 0.15) is 10.5 Å². The Morgan fingerprint density at radius 3 is 2.63 bits per heavy atom. The highest BCUT2D eigenvalue weighted by atomic mass is 35.5. The number of ether oxygens (including phenoxy) is 1. The molecule has 1 aromatic heterocycles. The molecule has 0 aliphatic carbocycles. The zero-order valence-corrected chi connectivity index (χ0v) is 11.2. The lowest BCUT2D eigenvalue weighted by atomic mass is 10.1. The second kappa shape index (κ2) is 5.50. The maximum Gasteiger partial charge on any atom is 0.359 e. The Bertz CT molecular complexity index is 650. The lowest BCUT2D eigenvalue weighted by molar-refractivity contribution is 0.0588. The third-order valence-electron chi connectivity index (χ3n) is 2.36. The van der Waals surface area contributed by atoms with Gasteiger partial charge in [-0.1, -0.05) is 29.3 Å². The molecular formula is C12H7Cl2FN2O2. The Morgan fingerprint density at radius 2 is 2.00 bits per heavy atom. The molecule has 7 heteroatoms. The highest BCUT2D eigenvalue weighted by molar-refractivity contribution is 6.42. The lowest BCUT2D eigenvalue weighted by Crippen LogP contribution is -2.09. The smallest absolute Gasteiger partial charge is 0.359 e. The largest absolute Gasteiger partial charge is 0.464 e. The van der Waals surface area contributed by atoms with Crippen molar-refractivity contribution >= 4 is 29.2 Å². The number of hydrogen-bond donors (Lipinski definition) is 0. The summed E-state index contributed by atoms with van der Waals surface area (Å²) in [4.78, 5) is 18.7. The maximum absolute atomic E-state index is 14.1. The zero-order chi connectivity index (χ0) is 14.0. The van der Waals surface area contributed by atoms with Crippen LogP contribution in [0.4, 0.5) is 4.39 Å². The summed E-state index contributed by atoms with van der Waals surface area (Å²) in [6, 6.07) is 4.51. The van der Waals surface area contributed by atoms with Gasteiger partial charge in [0.05, 0.1) is 17.2 Å². The van der Waals surface area contributed by atoms with Gasteiger partial charge in [-0.2, -0.15) is 0 Å². The molecule has 19 heavy (non-hydrogen) atoms. The Labute approximate surface area is 118 Å². The van der Waals surface area contributed by atoms with Gasteiger partial charge < -0.3 is 4.74 Å².